The second kappa shape index (κ2) is 33.7. The highest BCUT2D eigenvalue weighted by Crippen LogP contribution is 2.13. The van der Waals surface area contributed by atoms with E-state index in [4.69, 9.17) is 0 Å². The van der Waals surface area contributed by atoms with Gasteiger partial charge in [-0.25, -0.2) is 0 Å². The van der Waals surface area contributed by atoms with Crippen LogP contribution in [0.2, 0.25) is 0 Å². The minimum absolute atomic E-state index is 0. The fraction of sp³-hybridized carbons (Fsp3) is 1.00. The minimum Gasteiger partial charge on any atom is -1.00 e. The van der Waals surface area contributed by atoms with Crippen molar-refractivity contribution >= 4 is 0 Å². The number of quaternary nitrogens is 2. The topological polar surface area (TPSA) is 0 Å². The summed E-state index contributed by atoms with van der Waals surface area (Å²) in [5.41, 5.74) is 0. The number of halogens is 2. The first-order chi connectivity index (χ1) is 17.1. The number of nitrogens with zero attached hydrogens (tertiary/aromatic N) is 2. The van der Waals surface area contributed by atoms with E-state index in [1.165, 1.54) is 167 Å². The van der Waals surface area contributed by atoms with Crippen molar-refractivity contribution < 1.29 is 33.8 Å². The molecule has 0 atom stereocenters. The van der Waals surface area contributed by atoms with Crippen LogP contribution in [0.15, 0.2) is 0 Å². The van der Waals surface area contributed by atoms with Gasteiger partial charge in [0.25, 0.3) is 0 Å². The van der Waals surface area contributed by atoms with E-state index >= 15 is 0 Å². The van der Waals surface area contributed by atoms with E-state index in [-0.39, 0.29) is 24.8 Å². The van der Waals surface area contributed by atoms with E-state index in [1.54, 1.807) is 0 Å². The molecule has 0 amide bonds. The summed E-state index contributed by atoms with van der Waals surface area (Å²) in [5, 5.41) is 0. The van der Waals surface area contributed by atoms with E-state index in [0.717, 1.165) is 8.97 Å². The predicted octanol–water partition coefficient (Wildman–Crippen LogP) is 4.80. The Kier molecular flexibility index (Phi) is 40.3. The Bertz CT molecular complexity index is 364. The van der Waals surface area contributed by atoms with E-state index in [1.807, 2.05) is 0 Å². The maximum atomic E-state index is 2.29. The van der Waals surface area contributed by atoms with Crippen LogP contribution in [-0.2, 0) is 0 Å². The molecule has 0 aliphatic rings. The summed E-state index contributed by atoms with van der Waals surface area (Å²) in [6.07, 6.45) is 34.8. The SMILES string of the molecule is CCCCCCCCCCCCCC[N+](C)(C)C.CCCCCCCCCCCCCC[N+](C)(C)C.[Cl-].[Cl-]. The van der Waals surface area contributed by atoms with Gasteiger partial charge in [-0.2, -0.15) is 0 Å². The van der Waals surface area contributed by atoms with Crippen molar-refractivity contribution in [2.24, 2.45) is 0 Å². The summed E-state index contributed by atoms with van der Waals surface area (Å²) >= 11 is 0. The molecule has 236 valence electrons. The fourth-order valence-corrected chi connectivity index (χ4v) is 4.85. The molecule has 38 heavy (non-hydrogen) atoms. The number of unbranched alkanes of at least 4 members (excludes halogenated alkanes) is 22. The Balaban J connectivity index is -0.000000289. The molecule has 0 fully saturated rings. The normalized spacial score (nSPS) is 11.4. The highest BCUT2D eigenvalue weighted by molar-refractivity contribution is 4.49. The third kappa shape index (κ3) is 49.4. The first kappa shape index (κ1) is 45.5. The zero-order valence-electron chi connectivity index (χ0n) is 28.0. The minimum atomic E-state index is 0. The average Bonchev–Trinajstić information content (AvgIpc) is 2.79. The van der Waals surface area contributed by atoms with E-state index in [0.29, 0.717) is 0 Å². The van der Waals surface area contributed by atoms with Crippen LogP contribution in [0.5, 0.6) is 0 Å². The predicted molar refractivity (Wildman–Crippen MR) is 168 cm³/mol. The number of hydrogen-bond acceptors (Lipinski definition) is 0. The molecule has 0 aromatic heterocycles. The van der Waals surface area contributed by atoms with Crippen LogP contribution in [0.4, 0.5) is 0 Å². The molecule has 0 aliphatic carbocycles. The third-order valence-electron chi connectivity index (χ3n) is 7.36. The summed E-state index contributed by atoms with van der Waals surface area (Å²) in [6, 6.07) is 0. The lowest BCUT2D eigenvalue weighted by atomic mass is 10.1. The van der Waals surface area contributed by atoms with Crippen molar-refractivity contribution in [3.8, 4) is 0 Å². The second-order valence-corrected chi connectivity index (χ2v) is 13.8. The lowest BCUT2D eigenvalue weighted by Gasteiger charge is -2.23. The van der Waals surface area contributed by atoms with Gasteiger partial charge in [-0.05, 0) is 25.7 Å². The van der Waals surface area contributed by atoms with Gasteiger partial charge in [-0.15, -0.1) is 0 Å². The first-order valence-electron chi connectivity index (χ1n) is 16.7. The van der Waals surface area contributed by atoms with Gasteiger partial charge in [0.05, 0.1) is 55.4 Å². The van der Waals surface area contributed by atoms with Gasteiger partial charge >= 0.3 is 0 Å². The molecule has 0 aromatic carbocycles. The van der Waals surface area contributed by atoms with Gasteiger partial charge in [0.1, 0.15) is 0 Å². The van der Waals surface area contributed by atoms with Crippen molar-refractivity contribution in [2.45, 2.75) is 168 Å². The fourth-order valence-electron chi connectivity index (χ4n) is 4.85. The molecule has 0 unspecified atom stereocenters. The molecule has 4 heteroatoms. The molecule has 0 N–H and O–H groups in total. The van der Waals surface area contributed by atoms with Gasteiger partial charge in [-0.1, -0.05) is 142 Å². The van der Waals surface area contributed by atoms with Crippen LogP contribution in [0.3, 0.4) is 0 Å². The summed E-state index contributed by atoms with van der Waals surface area (Å²) in [6.45, 7) is 7.24. The second-order valence-electron chi connectivity index (χ2n) is 13.8. The summed E-state index contributed by atoms with van der Waals surface area (Å²) in [5.74, 6) is 0. The Morgan fingerprint density at radius 2 is 0.421 bits per heavy atom. The quantitative estimate of drug-likeness (QED) is 0.101. The van der Waals surface area contributed by atoms with Crippen molar-refractivity contribution in [2.75, 3.05) is 55.4 Å². The lowest BCUT2D eigenvalue weighted by molar-refractivity contribution is -0.870. The van der Waals surface area contributed by atoms with Crippen molar-refractivity contribution in [1.29, 1.82) is 0 Å². The number of rotatable bonds is 26. The average molecular weight is 584 g/mol. The van der Waals surface area contributed by atoms with Gasteiger partial charge in [-0.3, -0.25) is 0 Å². The van der Waals surface area contributed by atoms with Crippen LogP contribution < -0.4 is 24.8 Å². The Hall–Kier alpha value is 0.500. The van der Waals surface area contributed by atoms with Gasteiger partial charge in [0, 0.05) is 0 Å². The smallest absolute Gasteiger partial charge is 0.0780 e. The number of hydrogen-bond donors (Lipinski definition) is 0. The van der Waals surface area contributed by atoms with Crippen molar-refractivity contribution in [3.63, 3.8) is 0 Å². The van der Waals surface area contributed by atoms with Gasteiger partial charge < -0.3 is 33.8 Å². The summed E-state index contributed by atoms with van der Waals surface area (Å²) in [4.78, 5) is 0. The van der Waals surface area contributed by atoms with Gasteiger partial charge in [0.15, 0.2) is 0 Å². The lowest BCUT2D eigenvalue weighted by Crippen LogP contribution is -3.00. The first-order valence-corrected chi connectivity index (χ1v) is 16.7. The van der Waals surface area contributed by atoms with E-state index in [2.05, 4.69) is 56.1 Å². The molecule has 0 saturated carbocycles. The third-order valence-corrected chi connectivity index (χ3v) is 7.36. The van der Waals surface area contributed by atoms with Crippen LogP contribution >= 0.6 is 0 Å². The highest BCUT2D eigenvalue weighted by Gasteiger charge is 2.05. The van der Waals surface area contributed by atoms with Crippen molar-refractivity contribution in [1.82, 2.24) is 0 Å². The van der Waals surface area contributed by atoms with E-state index < -0.39 is 0 Å². The van der Waals surface area contributed by atoms with E-state index in [9.17, 15) is 0 Å². The van der Waals surface area contributed by atoms with Crippen LogP contribution in [-0.4, -0.2) is 64.3 Å². The Morgan fingerprint density at radius 3 is 0.579 bits per heavy atom. The molecule has 0 aromatic rings. The molecule has 0 aliphatic heterocycles. The standard InChI is InChI=1S/2C17H38N.2ClH/c2*1-5-6-7-8-9-10-11-12-13-14-15-16-17-18(2,3)4;;/h2*5-17H2,1-4H3;2*1H/q2*+1;;/p-2. The van der Waals surface area contributed by atoms with Crippen LogP contribution in [0, 0.1) is 0 Å². The molecule has 0 heterocycles. The monoisotopic (exact) mass is 583 g/mol. The molecule has 2 nitrogen and oxygen atoms in total. The Morgan fingerprint density at radius 1 is 0.263 bits per heavy atom. The largest absolute Gasteiger partial charge is 1.00 e. The maximum absolute atomic E-state index is 2.29. The molecule has 0 radical (unpaired) electrons. The summed E-state index contributed by atoms with van der Waals surface area (Å²) < 4.78 is 2.25. The molecule has 0 rings (SSSR count). The highest BCUT2D eigenvalue weighted by atomic mass is 35.5. The molecule has 0 saturated heterocycles. The Labute approximate surface area is 256 Å². The summed E-state index contributed by atoms with van der Waals surface area (Å²) in [7, 11) is 13.7. The molecule has 0 spiro atoms. The van der Waals surface area contributed by atoms with Gasteiger partial charge in [0.2, 0.25) is 0 Å². The molecular formula is C34H76Cl2N2. The van der Waals surface area contributed by atoms with Crippen molar-refractivity contribution in [3.05, 3.63) is 0 Å². The maximum Gasteiger partial charge on any atom is 0.0780 e. The zero-order chi connectivity index (χ0) is 27.4. The van der Waals surface area contributed by atoms with Crippen LogP contribution in [0.1, 0.15) is 168 Å². The van der Waals surface area contributed by atoms with Crippen LogP contribution in [0.25, 0.3) is 0 Å². The zero-order valence-corrected chi connectivity index (χ0v) is 29.5. The molecular weight excluding hydrogens is 507 g/mol. The molecule has 0 bridgehead atoms.